The second kappa shape index (κ2) is 11.4. The van der Waals surface area contributed by atoms with Crippen molar-refractivity contribution in [1.29, 1.82) is 0 Å². The molecule has 1 aromatic carbocycles. The summed E-state index contributed by atoms with van der Waals surface area (Å²) >= 11 is 6.05. The van der Waals surface area contributed by atoms with Gasteiger partial charge in [-0.2, -0.15) is 18.2 Å². The fraction of sp³-hybridized carbons (Fsp3) is 0.407. The molecule has 2 aliphatic rings. The molecule has 212 valence electrons. The van der Waals surface area contributed by atoms with Crippen LogP contribution in [0.15, 0.2) is 42.6 Å². The van der Waals surface area contributed by atoms with E-state index in [1.54, 1.807) is 17.0 Å². The number of carbonyl (C=O) groups is 1. The van der Waals surface area contributed by atoms with Crippen LogP contribution < -0.4 is 20.0 Å². The quantitative estimate of drug-likeness (QED) is 0.437. The van der Waals surface area contributed by atoms with Gasteiger partial charge in [0.25, 0.3) is 0 Å². The van der Waals surface area contributed by atoms with E-state index in [0.29, 0.717) is 62.3 Å². The first-order valence-electron chi connectivity index (χ1n) is 13.0. The second-order valence-corrected chi connectivity index (χ2v) is 10.3. The Balaban J connectivity index is 1.40. The number of nitrogens with one attached hydrogen (secondary N) is 1. The first-order valence-corrected chi connectivity index (χ1v) is 13.3. The van der Waals surface area contributed by atoms with E-state index in [4.69, 9.17) is 21.6 Å². The third kappa shape index (κ3) is 6.22. The summed E-state index contributed by atoms with van der Waals surface area (Å²) in [6, 6.07) is 8.57. The summed E-state index contributed by atoms with van der Waals surface area (Å²) in [5.74, 6) is 0.409. The molecule has 0 radical (unpaired) electrons. The normalized spacial score (nSPS) is 16.8. The second-order valence-electron chi connectivity index (χ2n) is 9.85. The molecule has 0 spiro atoms. The van der Waals surface area contributed by atoms with Gasteiger partial charge in [-0.3, -0.25) is 4.79 Å². The van der Waals surface area contributed by atoms with Gasteiger partial charge >= 0.3 is 6.18 Å². The van der Waals surface area contributed by atoms with Gasteiger partial charge < -0.3 is 20.0 Å². The third-order valence-electron chi connectivity index (χ3n) is 7.10. The average Bonchev–Trinajstić information content (AvgIpc) is 2.94. The van der Waals surface area contributed by atoms with Crippen molar-refractivity contribution in [1.82, 2.24) is 20.3 Å². The van der Waals surface area contributed by atoms with Crippen LogP contribution in [0.25, 0.3) is 11.3 Å². The topological polar surface area (TPSA) is 77.5 Å². The minimum absolute atomic E-state index is 0.0280. The summed E-state index contributed by atoms with van der Waals surface area (Å²) in [5, 5.41) is 2.92. The van der Waals surface area contributed by atoms with E-state index in [0.717, 1.165) is 18.9 Å². The number of halogens is 5. The van der Waals surface area contributed by atoms with Crippen LogP contribution in [-0.2, 0) is 11.0 Å². The SMILES string of the molecule is CC(=O)NC1CCN(c2nc(-c3ccc(F)c(Cl)c3)cc(N3CCN(c4ncccc4C(F)(F)F)CC3)n2)CC1. The molecule has 2 aromatic heterocycles. The van der Waals surface area contributed by atoms with Gasteiger partial charge in [0.1, 0.15) is 17.5 Å². The van der Waals surface area contributed by atoms with Crippen LogP contribution >= 0.6 is 11.6 Å². The van der Waals surface area contributed by atoms with Gasteiger partial charge in [0.2, 0.25) is 11.9 Å². The zero-order valence-corrected chi connectivity index (χ0v) is 22.5. The summed E-state index contributed by atoms with van der Waals surface area (Å²) in [6.07, 6.45) is -1.67. The largest absolute Gasteiger partial charge is 0.419 e. The first kappa shape index (κ1) is 27.9. The van der Waals surface area contributed by atoms with Crippen molar-refractivity contribution in [3.8, 4) is 11.3 Å². The van der Waals surface area contributed by atoms with Crippen LogP contribution in [0.5, 0.6) is 0 Å². The Hall–Kier alpha value is -3.67. The number of nitrogens with zero attached hydrogens (tertiary/aromatic N) is 6. The number of piperidine rings is 1. The first-order chi connectivity index (χ1) is 19.1. The van der Waals surface area contributed by atoms with Crippen molar-refractivity contribution in [2.45, 2.75) is 32.0 Å². The highest BCUT2D eigenvalue weighted by atomic mass is 35.5. The van der Waals surface area contributed by atoms with Crippen LogP contribution in [0.4, 0.5) is 35.1 Å². The van der Waals surface area contributed by atoms with Crippen molar-refractivity contribution in [3.05, 3.63) is 59.0 Å². The number of pyridine rings is 1. The Kier molecular flexibility index (Phi) is 7.97. The molecule has 13 heteroatoms. The zero-order valence-electron chi connectivity index (χ0n) is 21.8. The maximum Gasteiger partial charge on any atom is 0.419 e. The Bertz CT molecular complexity index is 1370. The van der Waals surface area contributed by atoms with E-state index in [9.17, 15) is 22.4 Å². The van der Waals surface area contributed by atoms with Crippen molar-refractivity contribution in [2.24, 2.45) is 0 Å². The minimum Gasteiger partial charge on any atom is -0.353 e. The summed E-state index contributed by atoms with van der Waals surface area (Å²) < 4.78 is 54.5. The van der Waals surface area contributed by atoms with Gasteiger partial charge in [0.05, 0.1) is 16.3 Å². The molecule has 40 heavy (non-hydrogen) atoms. The molecular formula is C27H28ClF4N7O. The summed E-state index contributed by atoms with van der Waals surface area (Å²) in [7, 11) is 0. The third-order valence-corrected chi connectivity index (χ3v) is 7.39. The number of hydrogen-bond donors (Lipinski definition) is 1. The van der Waals surface area contributed by atoms with Crippen molar-refractivity contribution in [3.63, 3.8) is 0 Å². The van der Waals surface area contributed by atoms with Gasteiger partial charge in [-0.1, -0.05) is 11.6 Å². The molecule has 2 aliphatic heterocycles. The van der Waals surface area contributed by atoms with E-state index >= 15 is 0 Å². The number of anilines is 3. The smallest absolute Gasteiger partial charge is 0.353 e. The van der Waals surface area contributed by atoms with Crippen molar-refractivity contribution < 1.29 is 22.4 Å². The lowest BCUT2D eigenvalue weighted by atomic mass is 10.1. The molecule has 1 amide bonds. The number of aromatic nitrogens is 3. The van der Waals surface area contributed by atoms with Gasteiger partial charge in [0.15, 0.2) is 0 Å². The number of amides is 1. The van der Waals surface area contributed by atoms with Gasteiger partial charge in [-0.25, -0.2) is 14.4 Å². The van der Waals surface area contributed by atoms with E-state index in [1.165, 1.54) is 31.3 Å². The highest BCUT2D eigenvalue weighted by Crippen LogP contribution is 2.36. The molecular weight excluding hydrogens is 550 g/mol. The molecule has 0 atom stereocenters. The van der Waals surface area contributed by atoms with Crippen LogP contribution in [-0.4, -0.2) is 66.2 Å². The Morgan fingerprint density at radius 3 is 2.33 bits per heavy atom. The number of hydrogen-bond acceptors (Lipinski definition) is 7. The molecule has 1 N–H and O–H groups in total. The highest BCUT2D eigenvalue weighted by molar-refractivity contribution is 6.31. The molecule has 8 nitrogen and oxygen atoms in total. The highest BCUT2D eigenvalue weighted by Gasteiger charge is 2.36. The van der Waals surface area contributed by atoms with E-state index in [2.05, 4.69) is 10.3 Å². The van der Waals surface area contributed by atoms with Crippen LogP contribution in [0.1, 0.15) is 25.3 Å². The van der Waals surface area contributed by atoms with E-state index in [1.807, 2.05) is 9.80 Å². The molecule has 0 bridgehead atoms. The number of rotatable bonds is 5. The molecule has 0 aliphatic carbocycles. The lowest BCUT2D eigenvalue weighted by molar-refractivity contribution is -0.137. The van der Waals surface area contributed by atoms with Gasteiger partial charge in [-0.15, -0.1) is 0 Å². The Labute approximate surface area is 234 Å². The Morgan fingerprint density at radius 1 is 0.975 bits per heavy atom. The number of piperazine rings is 1. The maximum absolute atomic E-state index is 13.9. The van der Waals surface area contributed by atoms with Crippen molar-refractivity contribution in [2.75, 3.05) is 54.0 Å². The lowest BCUT2D eigenvalue weighted by Crippen LogP contribution is -2.48. The van der Waals surface area contributed by atoms with E-state index in [-0.39, 0.29) is 22.8 Å². The average molecular weight is 578 g/mol. The molecule has 0 unspecified atom stereocenters. The number of carbonyl (C=O) groups excluding carboxylic acids is 1. The molecule has 3 aromatic rings. The van der Waals surface area contributed by atoms with Crippen LogP contribution in [0, 0.1) is 5.82 Å². The summed E-state index contributed by atoms with van der Waals surface area (Å²) in [6.45, 7) is 4.23. The minimum atomic E-state index is -4.50. The Morgan fingerprint density at radius 2 is 1.68 bits per heavy atom. The summed E-state index contributed by atoms with van der Waals surface area (Å²) in [5.41, 5.74) is 0.412. The van der Waals surface area contributed by atoms with Gasteiger partial charge in [-0.05, 0) is 43.2 Å². The predicted molar refractivity (Wildman–Crippen MR) is 145 cm³/mol. The standard InChI is InChI=1S/C27H28ClF4N7O/c1-17(40)34-19-6-9-39(10-7-19)26-35-23(18-4-5-22(29)21(28)15-18)16-24(36-26)37-11-13-38(14-12-37)25-20(27(30,31)32)3-2-8-33-25/h2-5,8,15-16,19H,6-7,9-14H2,1H3,(H,34,40). The monoisotopic (exact) mass is 577 g/mol. The van der Waals surface area contributed by atoms with E-state index < -0.39 is 17.6 Å². The predicted octanol–water partition coefficient (Wildman–Crippen LogP) is 4.78. The molecule has 2 saturated heterocycles. The molecule has 0 saturated carbocycles. The fourth-order valence-corrected chi connectivity index (χ4v) is 5.24. The molecule has 5 rings (SSSR count). The lowest BCUT2D eigenvalue weighted by Gasteiger charge is -2.37. The molecule has 4 heterocycles. The summed E-state index contributed by atoms with van der Waals surface area (Å²) in [4.78, 5) is 30.7. The number of alkyl halides is 3. The van der Waals surface area contributed by atoms with Crippen LogP contribution in [0.2, 0.25) is 5.02 Å². The molecule has 2 fully saturated rings. The zero-order chi connectivity index (χ0) is 28.4. The van der Waals surface area contributed by atoms with Gasteiger partial charge in [0, 0.05) is 70.1 Å². The van der Waals surface area contributed by atoms with Crippen molar-refractivity contribution >= 4 is 35.1 Å². The van der Waals surface area contributed by atoms with Crippen LogP contribution in [0.3, 0.4) is 0 Å². The fourth-order valence-electron chi connectivity index (χ4n) is 5.06. The maximum atomic E-state index is 13.9. The number of benzene rings is 1.